The van der Waals surface area contributed by atoms with E-state index in [1.54, 1.807) is 12.4 Å². The Morgan fingerprint density at radius 3 is 2.71 bits per heavy atom. The lowest BCUT2D eigenvalue weighted by Crippen LogP contribution is -2.42. The standard InChI is InChI=1S/C19H23N3O2/c1-3-24-18-9-10-22(17(18)11-15-7-5-4-6-8-15)19(23)16-13-20-14(2)12-21-16/h4-8,12-13,17-18H,3,9-11H2,1-2H3/t17-,18-/m0/s1. The van der Waals surface area contributed by atoms with Gasteiger partial charge >= 0.3 is 0 Å². The zero-order chi connectivity index (χ0) is 16.9. The second kappa shape index (κ2) is 7.53. The lowest BCUT2D eigenvalue weighted by Gasteiger charge is -2.28. The summed E-state index contributed by atoms with van der Waals surface area (Å²) in [6, 6.07) is 10.3. The number of amides is 1. The number of hydrogen-bond acceptors (Lipinski definition) is 4. The highest BCUT2D eigenvalue weighted by Gasteiger charge is 2.38. The third kappa shape index (κ3) is 3.62. The van der Waals surface area contributed by atoms with Crippen molar-refractivity contribution in [2.24, 2.45) is 0 Å². The van der Waals surface area contributed by atoms with E-state index in [4.69, 9.17) is 4.74 Å². The molecule has 24 heavy (non-hydrogen) atoms. The highest BCUT2D eigenvalue weighted by Crippen LogP contribution is 2.26. The fourth-order valence-electron chi connectivity index (χ4n) is 3.23. The Labute approximate surface area is 142 Å². The molecule has 126 valence electrons. The number of carbonyl (C=O) groups is 1. The highest BCUT2D eigenvalue weighted by molar-refractivity contribution is 5.92. The van der Waals surface area contributed by atoms with E-state index in [-0.39, 0.29) is 18.1 Å². The van der Waals surface area contributed by atoms with E-state index in [9.17, 15) is 4.79 Å². The molecule has 0 N–H and O–H groups in total. The maximum atomic E-state index is 12.9. The van der Waals surface area contributed by atoms with Crippen LogP contribution < -0.4 is 0 Å². The summed E-state index contributed by atoms with van der Waals surface area (Å²) in [5.41, 5.74) is 2.42. The van der Waals surface area contributed by atoms with Crippen LogP contribution in [0.15, 0.2) is 42.7 Å². The van der Waals surface area contributed by atoms with Crippen molar-refractivity contribution in [2.45, 2.75) is 38.8 Å². The number of ether oxygens (including phenoxy) is 1. The van der Waals surface area contributed by atoms with Gasteiger partial charge in [-0.1, -0.05) is 30.3 Å². The number of aryl methyl sites for hydroxylation is 1. The number of benzene rings is 1. The Kier molecular flexibility index (Phi) is 5.20. The molecule has 2 atom stereocenters. The summed E-state index contributed by atoms with van der Waals surface area (Å²) in [5.74, 6) is -0.0642. The van der Waals surface area contributed by atoms with Crippen LogP contribution in [0, 0.1) is 6.92 Å². The fraction of sp³-hybridized carbons (Fsp3) is 0.421. The van der Waals surface area contributed by atoms with Gasteiger partial charge in [-0.2, -0.15) is 0 Å². The molecule has 0 aliphatic carbocycles. The van der Waals surface area contributed by atoms with E-state index in [1.807, 2.05) is 36.9 Å². The first kappa shape index (κ1) is 16.6. The summed E-state index contributed by atoms with van der Waals surface area (Å²) in [6.45, 7) is 5.20. The Balaban J connectivity index is 1.81. The van der Waals surface area contributed by atoms with Crippen molar-refractivity contribution in [3.63, 3.8) is 0 Å². The molecular weight excluding hydrogens is 302 g/mol. The maximum Gasteiger partial charge on any atom is 0.274 e. The highest BCUT2D eigenvalue weighted by atomic mass is 16.5. The molecule has 1 aromatic carbocycles. The smallest absolute Gasteiger partial charge is 0.274 e. The normalized spacial score (nSPS) is 20.3. The average molecular weight is 325 g/mol. The SMILES string of the molecule is CCO[C@H]1CCN(C(=O)c2cnc(C)cn2)[C@H]1Cc1ccccc1. The molecule has 1 amide bonds. The second-order valence-corrected chi connectivity index (χ2v) is 6.08. The molecular formula is C19H23N3O2. The third-order valence-electron chi connectivity index (χ3n) is 4.41. The Morgan fingerprint density at radius 2 is 2.04 bits per heavy atom. The molecule has 5 nitrogen and oxygen atoms in total. The summed E-state index contributed by atoms with van der Waals surface area (Å²) < 4.78 is 5.89. The van der Waals surface area contributed by atoms with Gasteiger partial charge < -0.3 is 9.64 Å². The summed E-state index contributed by atoms with van der Waals surface area (Å²) in [4.78, 5) is 23.2. The molecule has 1 aromatic heterocycles. The Morgan fingerprint density at radius 1 is 1.25 bits per heavy atom. The first-order valence-corrected chi connectivity index (χ1v) is 8.44. The fourth-order valence-corrected chi connectivity index (χ4v) is 3.23. The molecule has 1 saturated heterocycles. The van der Waals surface area contributed by atoms with Crippen molar-refractivity contribution in [1.82, 2.24) is 14.9 Å². The van der Waals surface area contributed by atoms with Crippen LogP contribution in [0.1, 0.15) is 35.1 Å². The van der Waals surface area contributed by atoms with Gasteiger partial charge in [0, 0.05) is 19.3 Å². The molecule has 5 heteroatoms. The van der Waals surface area contributed by atoms with Gasteiger partial charge in [0.2, 0.25) is 0 Å². The number of rotatable bonds is 5. The number of carbonyl (C=O) groups excluding carboxylic acids is 1. The second-order valence-electron chi connectivity index (χ2n) is 6.08. The molecule has 0 unspecified atom stereocenters. The lowest BCUT2D eigenvalue weighted by molar-refractivity contribution is 0.0310. The summed E-state index contributed by atoms with van der Waals surface area (Å²) in [7, 11) is 0. The van der Waals surface area contributed by atoms with Gasteiger partial charge in [0.1, 0.15) is 5.69 Å². The molecule has 2 aromatic rings. The van der Waals surface area contributed by atoms with Crippen LogP contribution in [-0.2, 0) is 11.2 Å². The molecule has 0 saturated carbocycles. The van der Waals surface area contributed by atoms with Crippen molar-refractivity contribution in [3.05, 3.63) is 59.7 Å². The Bertz CT molecular complexity index is 673. The first-order chi connectivity index (χ1) is 11.7. The van der Waals surface area contributed by atoms with Gasteiger partial charge in [0.05, 0.1) is 24.0 Å². The molecule has 0 bridgehead atoms. The van der Waals surface area contributed by atoms with E-state index < -0.39 is 0 Å². The quantitative estimate of drug-likeness (QED) is 0.848. The zero-order valence-corrected chi connectivity index (χ0v) is 14.2. The monoisotopic (exact) mass is 325 g/mol. The van der Waals surface area contributed by atoms with Crippen LogP contribution in [-0.4, -0.2) is 46.1 Å². The van der Waals surface area contributed by atoms with Crippen molar-refractivity contribution in [1.29, 1.82) is 0 Å². The van der Waals surface area contributed by atoms with Crippen molar-refractivity contribution in [2.75, 3.05) is 13.2 Å². The van der Waals surface area contributed by atoms with Crippen molar-refractivity contribution >= 4 is 5.91 Å². The average Bonchev–Trinajstić information content (AvgIpc) is 2.99. The number of nitrogens with zero attached hydrogens (tertiary/aromatic N) is 3. The zero-order valence-electron chi connectivity index (χ0n) is 14.2. The minimum absolute atomic E-state index is 0.0305. The molecule has 0 radical (unpaired) electrons. The maximum absolute atomic E-state index is 12.9. The predicted octanol–water partition coefficient (Wildman–Crippen LogP) is 2.65. The van der Waals surface area contributed by atoms with Gasteiger partial charge in [-0.25, -0.2) is 4.98 Å². The van der Waals surface area contributed by atoms with Crippen molar-refractivity contribution < 1.29 is 9.53 Å². The van der Waals surface area contributed by atoms with Gasteiger partial charge in [0.15, 0.2) is 0 Å². The van der Waals surface area contributed by atoms with Crippen LogP contribution in [0.2, 0.25) is 0 Å². The summed E-state index contributed by atoms with van der Waals surface area (Å²) >= 11 is 0. The first-order valence-electron chi connectivity index (χ1n) is 8.44. The van der Waals surface area contributed by atoms with E-state index in [1.165, 1.54) is 5.56 Å². The number of aromatic nitrogens is 2. The molecule has 1 aliphatic heterocycles. The van der Waals surface area contributed by atoms with E-state index in [0.717, 1.165) is 18.5 Å². The molecule has 3 rings (SSSR count). The molecule has 1 aliphatic rings. The van der Waals surface area contributed by atoms with E-state index in [2.05, 4.69) is 22.1 Å². The van der Waals surface area contributed by atoms with Crippen molar-refractivity contribution in [3.8, 4) is 0 Å². The largest absolute Gasteiger partial charge is 0.376 e. The van der Waals surface area contributed by atoms with Gasteiger partial charge in [-0.15, -0.1) is 0 Å². The molecule has 0 spiro atoms. The minimum atomic E-state index is -0.0642. The van der Waals surface area contributed by atoms with E-state index in [0.29, 0.717) is 18.8 Å². The number of hydrogen-bond donors (Lipinski definition) is 0. The lowest BCUT2D eigenvalue weighted by atomic mass is 10.0. The minimum Gasteiger partial charge on any atom is -0.376 e. The van der Waals surface area contributed by atoms with Crippen LogP contribution in [0.4, 0.5) is 0 Å². The van der Waals surface area contributed by atoms with E-state index >= 15 is 0 Å². The van der Waals surface area contributed by atoms with Crippen LogP contribution >= 0.6 is 0 Å². The van der Waals surface area contributed by atoms with Gasteiger partial charge in [-0.05, 0) is 32.3 Å². The molecule has 1 fully saturated rings. The van der Waals surface area contributed by atoms with Crippen LogP contribution in [0.5, 0.6) is 0 Å². The van der Waals surface area contributed by atoms with Crippen LogP contribution in [0.25, 0.3) is 0 Å². The number of likely N-dealkylation sites (tertiary alicyclic amines) is 1. The summed E-state index contributed by atoms with van der Waals surface area (Å²) in [5, 5.41) is 0. The molecule has 2 heterocycles. The predicted molar refractivity (Wildman–Crippen MR) is 91.8 cm³/mol. The Hall–Kier alpha value is -2.27. The van der Waals surface area contributed by atoms with Crippen LogP contribution in [0.3, 0.4) is 0 Å². The van der Waals surface area contributed by atoms with Gasteiger partial charge in [0.25, 0.3) is 5.91 Å². The summed E-state index contributed by atoms with van der Waals surface area (Å²) in [6.07, 6.45) is 4.91. The third-order valence-corrected chi connectivity index (χ3v) is 4.41. The topological polar surface area (TPSA) is 55.3 Å². The van der Waals surface area contributed by atoms with Gasteiger partial charge in [-0.3, -0.25) is 9.78 Å².